The fourth-order valence-electron chi connectivity index (χ4n) is 0.250. The van der Waals surface area contributed by atoms with Crippen LogP contribution in [-0.4, -0.2) is 24.5 Å². The summed E-state index contributed by atoms with van der Waals surface area (Å²) in [5.74, 6) is 0. The van der Waals surface area contributed by atoms with E-state index < -0.39 is 6.05 Å². The van der Waals surface area contributed by atoms with Gasteiger partial charge in [-0.3, -0.25) is 0 Å². The molecule has 0 aromatic carbocycles. The summed E-state index contributed by atoms with van der Waals surface area (Å²) in [7, 11) is 1.39. The average Bonchev–Trinajstić information content (AvgIpc) is 1.73. The minimum atomic E-state index is -2.46. The molecular formula is C3H5F2N. The second kappa shape index (κ2) is 0.729. The lowest BCUT2D eigenvalue weighted by molar-refractivity contribution is 0.0643. The van der Waals surface area contributed by atoms with Crippen LogP contribution in [0.25, 0.3) is 0 Å². The number of hydrogen-bond acceptors (Lipinski definition) is 1. The van der Waals surface area contributed by atoms with E-state index in [0.717, 1.165) is 4.90 Å². The van der Waals surface area contributed by atoms with Crippen LogP contribution in [-0.2, 0) is 0 Å². The predicted molar refractivity (Wildman–Crippen MR) is 17.6 cm³/mol. The van der Waals surface area contributed by atoms with Gasteiger partial charge in [-0.15, -0.1) is 0 Å². The Balaban J connectivity index is 2.41. The second-order valence-electron chi connectivity index (χ2n) is 1.52. The van der Waals surface area contributed by atoms with Gasteiger partial charge < -0.3 is 0 Å². The molecule has 1 heterocycles. The second-order valence-corrected chi connectivity index (χ2v) is 1.52. The smallest absolute Gasteiger partial charge is 0.239 e. The fraction of sp³-hybridized carbons (Fsp3) is 1.00. The number of rotatable bonds is 0. The minimum absolute atomic E-state index is 0.0625. The Morgan fingerprint density at radius 1 is 1.67 bits per heavy atom. The van der Waals surface area contributed by atoms with Gasteiger partial charge in [-0.25, -0.2) is 4.90 Å². The topological polar surface area (TPSA) is 3.01 Å². The zero-order chi connectivity index (χ0) is 4.78. The van der Waals surface area contributed by atoms with Crippen LogP contribution in [0.5, 0.6) is 0 Å². The highest BCUT2D eigenvalue weighted by Gasteiger charge is 2.51. The van der Waals surface area contributed by atoms with Crippen LogP contribution in [0.1, 0.15) is 0 Å². The molecule has 0 spiro atoms. The van der Waals surface area contributed by atoms with E-state index in [9.17, 15) is 8.78 Å². The minimum Gasteiger partial charge on any atom is -0.239 e. The molecular weight excluding hydrogens is 88.0 g/mol. The third kappa shape index (κ3) is 0.391. The van der Waals surface area contributed by atoms with Crippen molar-refractivity contribution in [1.82, 2.24) is 4.90 Å². The van der Waals surface area contributed by atoms with Gasteiger partial charge in [0.15, 0.2) is 0 Å². The van der Waals surface area contributed by atoms with Gasteiger partial charge >= 0.3 is 6.05 Å². The Labute approximate surface area is 34.6 Å². The predicted octanol–water partition coefficient (Wildman–Crippen LogP) is 0.525. The summed E-state index contributed by atoms with van der Waals surface area (Å²) in [6, 6.07) is -2.46. The molecule has 0 amide bonds. The number of alkyl halides is 2. The van der Waals surface area contributed by atoms with Crippen molar-refractivity contribution in [2.24, 2.45) is 0 Å². The van der Waals surface area contributed by atoms with Gasteiger partial charge in [-0.2, -0.15) is 8.78 Å². The molecule has 1 saturated heterocycles. The van der Waals surface area contributed by atoms with E-state index >= 15 is 0 Å². The molecule has 1 rings (SSSR count). The maximum absolute atomic E-state index is 11.5. The lowest BCUT2D eigenvalue weighted by Gasteiger charge is -1.84. The summed E-state index contributed by atoms with van der Waals surface area (Å²) in [4.78, 5) is 0.979. The Bertz CT molecular complexity index is 71.2. The third-order valence-corrected chi connectivity index (χ3v) is 0.882. The van der Waals surface area contributed by atoms with E-state index in [4.69, 9.17) is 0 Å². The molecule has 0 aromatic rings. The maximum Gasteiger partial charge on any atom is 0.317 e. The first-order valence-corrected chi connectivity index (χ1v) is 1.72. The van der Waals surface area contributed by atoms with Gasteiger partial charge in [0.1, 0.15) is 0 Å². The molecule has 0 aliphatic carbocycles. The first-order chi connectivity index (χ1) is 2.63. The van der Waals surface area contributed by atoms with E-state index in [0.29, 0.717) is 0 Å². The Kier molecular flexibility index (Phi) is 0.485. The van der Waals surface area contributed by atoms with Gasteiger partial charge in [0.25, 0.3) is 0 Å². The average molecular weight is 93.1 g/mol. The number of hydrogen-bond donors (Lipinski definition) is 0. The molecule has 1 atom stereocenters. The monoisotopic (exact) mass is 93.0 g/mol. The van der Waals surface area contributed by atoms with E-state index in [1.165, 1.54) is 7.05 Å². The zero-order valence-electron chi connectivity index (χ0n) is 3.41. The van der Waals surface area contributed by atoms with Gasteiger partial charge in [-0.1, -0.05) is 0 Å². The lowest BCUT2D eigenvalue weighted by Crippen LogP contribution is -1.97. The molecule has 3 heteroatoms. The molecule has 0 aromatic heterocycles. The van der Waals surface area contributed by atoms with Crippen molar-refractivity contribution in [3.8, 4) is 0 Å². The van der Waals surface area contributed by atoms with Crippen molar-refractivity contribution in [2.45, 2.75) is 6.05 Å². The van der Waals surface area contributed by atoms with Crippen molar-refractivity contribution < 1.29 is 8.78 Å². The molecule has 6 heavy (non-hydrogen) atoms. The fourth-order valence-corrected chi connectivity index (χ4v) is 0.250. The van der Waals surface area contributed by atoms with Gasteiger partial charge in [0.2, 0.25) is 0 Å². The molecule has 1 aliphatic heterocycles. The normalized spacial score (nSPS) is 39.5. The Morgan fingerprint density at radius 3 is 1.83 bits per heavy atom. The van der Waals surface area contributed by atoms with Crippen molar-refractivity contribution in [3.63, 3.8) is 0 Å². The highest BCUT2D eigenvalue weighted by atomic mass is 19.3. The lowest BCUT2D eigenvalue weighted by atomic mass is 10.9. The van der Waals surface area contributed by atoms with Crippen LogP contribution in [0.2, 0.25) is 0 Å². The first kappa shape index (κ1) is 3.99. The van der Waals surface area contributed by atoms with Crippen LogP contribution in [0.15, 0.2) is 0 Å². The third-order valence-electron chi connectivity index (χ3n) is 0.882. The van der Waals surface area contributed by atoms with Crippen molar-refractivity contribution in [1.29, 1.82) is 0 Å². The van der Waals surface area contributed by atoms with E-state index in [1.54, 1.807) is 0 Å². The quantitative estimate of drug-likeness (QED) is 0.312. The first-order valence-electron chi connectivity index (χ1n) is 1.72. The van der Waals surface area contributed by atoms with Crippen LogP contribution < -0.4 is 0 Å². The van der Waals surface area contributed by atoms with E-state index in [2.05, 4.69) is 0 Å². The molecule has 1 nitrogen and oxygen atoms in total. The molecule has 36 valence electrons. The van der Waals surface area contributed by atoms with Crippen LogP contribution in [0, 0.1) is 0 Å². The van der Waals surface area contributed by atoms with Gasteiger partial charge in [0, 0.05) is 0 Å². The summed E-state index contributed by atoms with van der Waals surface area (Å²) in [6.45, 7) is -0.0625. The van der Waals surface area contributed by atoms with E-state index in [1.807, 2.05) is 0 Å². The van der Waals surface area contributed by atoms with Crippen LogP contribution in [0.4, 0.5) is 8.78 Å². The molecule has 0 bridgehead atoms. The van der Waals surface area contributed by atoms with E-state index in [-0.39, 0.29) is 6.54 Å². The number of likely N-dealkylation sites (N-methyl/N-ethyl adjacent to an activating group) is 1. The zero-order valence-corrected chi connectivity index (χ0v) is 3.41. The Hall–Kier alpha value is -0.180. The summed E-state index contributed by atoms with van der Waals surface area (Å²) in [6.07, 6.45) is 0. The summed E-state index contributed by atoms with van der Waals surface area (Å²) >= 11 is 0. The van der Waals surface area contributed by atoms with Crippen LogP contribution >= 0.6 is 0 Å². The van der Waals surface area contributed by atoms with Crippen molar-refractivity contribution in [3.05, 3.63) is 0 Å². The number of halogens is 2. The van der Waals surface area contributed by atoms with Gasteiger partial charge in [0.05, 0.1) is 6.54 Å². The SMILES string of the molecule is CN1CC1(F)F. The van der Waals surface area contributed by atoms with Crippen molar-refractivity contribution >= 4 is 0 Å². The standard InChI is InChI=1S/C3H5F2N/c1-6-2-3(6,4)5/h2H2,1H3. The van der Waals surface area contributed by atoms with Crippen LogP contribution in [0.3, 0.4) is 0 Å². The molecule has 0 N–H and O–H groups in total. The molecule has 0 radical (unpaired) electrons. The summed E-state index contributed by atoms with van der Waals surface area (Å²) < 4.78 is 22.9. The maximum atomic E-state index is 11.5. The molecule has 0 saturated carbocycles. The number of nitrogens with zero attached hydrogens (tertiary/aromatic N) is 1. The largest absolute Gasteiger partial charge is 0.317 e. The molecule has 1 unspecified atom stereocenters. The van der Waals surface area contributed by atoms with Gasteiger partial charge in [-0.05, 0) is 7.05 Å². The Morgan fingerprint density at radius 2 is 1.83 bits per heavy atom. The molecule has 1 fully saturated rings. The highest BCUT2D eigenvalue weighted by molar-refractivity contribution is 4.83. The summed E-state index contributed by atoms with van der Waals surface area (Å²) in [5, 5.41) is 0. The highest BCUT2D eigenvalue weighted by Crippen LogP contribution is 2.31. The molecule has 1 aliphatic rings. The van der Waals surface area contributed by atoms with Crippen molar-refractivity contribution in [2.75, 3.05) is 13.6 Å². The summed E-state index contributed by atoms with van der Waals surface area (Å²) in [5.41, 5.74) is 0.